The van der Waals surface area contributed by atoms with Crippen LogP contribution >= 0.6 is 23.2 Å². The predicted molar refractivity (Wildman–Crippen MR) is 209 cm³/mol. The summed E-state index contributed by atoms with van der Waals surface area (Å²) < 4.78 is 13.9. The summed E-state index contributed by atoms with van der Waals surface area (Å²) in [6.45, 7) is 0. The number of hydrazine groups is 1. The molecule has 6 atom stereocenters. The number of hydrogen-bond acceptors (Lipinski definition) is 11. The molecule has 1 saturated carbocycles. The fourth-order valence-corrected chi connectivity index (χ4v) is 9.87. The summed E-state index contributed by atoms with van der Waals surface area (Å²) in [6.07, 6.45) is 1.57. The number of rotatable bonds is 8. The molecular weight excluding hydrogens is 798 g/mol. The molecule has 2 aliphatic heterocycles. The fourth-order valence-electron chi connectivity index (χ4n) is 9.46. The van der Waals surface area contributed by atoms with Crippen LogP contribution in [0.15, 0.2) is 90.5 Å². The van der Waals surface area contributed by atoms with Crippen LogP contribution in [-0.4, -0.2) is 57.7 Å². The molecule has 296 valence electrons. The summed E-state index contributed by atoms with van der Waals surface area (Å²) in [7, 11) is 2.77. The van der Waals surface area contributed by atoms with Crippen molar-refractivity contribution in [2.75, 3.05) is 29.3 Å². The number of nitrogens with one attached hydrogen (secondary N) is 1. The highest BCUT2D eigenvalue weighted by Crippen LogP contribution is 2.65. The van der Waals surface area contributed by atoms with Crippen molar-refractivity contribution in [3.05, 3.63) is 138 Å². The van der Waals surface area contributed by atoms with Gasteiger partial charge in [-0.3, -0.25) is 44.8 Å². The largest absolute Gasteiger partial charge is 0.508 e. The molecule has 0 aromatic heterocycles. The Morgan fingerprint density at radius 3 is 2.09 bits per heavy atom. The van der Waals surface area contributed by atoms with Crippen molar-refractivity contribution in [1.29, 1.82) is 0 Å². The first-order chi connectivity index (χ1) is 27.6. The van der Waals surface area contributed by atoms with Gasteiger partial charge in [0.25, 0.3) is 11.8 Å². The Balaban J connectivity index is 1.31. The maximum Gasteiger partial charge on any atom is 0.301 e. The van der Waals surface area contributed by atoms with Crippen LogP contribution in [0.2, 0.25) is 10.0 Å². The Labute approximate surface area is 338 Å². The summed E-state index contributed by atoms with van der Waals surface area (Å²) in [6, 6.07) is 17.5. The third-order valence-corrected chi connectivity index (χ3v) is 12.3. The van der Waals surface area contributed by atoms with Gasteiger partial charge in [-0.15, -0.1) is 0 Å². The van der Waals surface area contributed by atoms with Crippen LogP contribution in [0.1, 0.15) is 29.9 Å². The van der Waals surface area contributed by atoms with E-state index in [1.54, 1.807) is 30.3 Å². The van der Waals surface area contributed by atoms with Gasteiger partial charge < -0.3 is 10.0 Å². The van der Waals surface area contributed by atoms with E-state index < -0.39 is 85.7 Å². The first-order valence-electron chi connectivity index (χ1n) is 17.9. The molecule has 58 heavy (non-hydrogen) atoms. The van der Waals surface area contributed by atoms with Crippen LogP contribution in [0.3, 0.4) is 0 Å². The number of phenolic OH excluding ortho intramolecular Hbond substituents is 1. The molecule has 2 heterocycles. The number of aromatic hydroxyl groups is 1. The van der Waals surface area contributed by atoms with Crippen molar-refractivity contribution in [3.8, 4) is 5.75 Å². The Hall–Kier alpha value is -6.39. The van der Waals surface area contributed by atoms with Crippen molar-refractivity contribution in [3.63, 3.8) is 0 Å². The van der Waals surface area contributed by atoms with Gasteiger partial charge in [-0.1, -0.05) is 53.1 Å². The quantitative estimate of drug-likeness (QED) is 0.0811. The predicted octanol–water partition coefficient (Wildman–Crippen LogP) is 6.91. The van der Waals surface area contributed by atoms with Crippen LogP contribution in [0.4, 0.5) is 32.8 Å². The Bertz CT molecular complexity index is 2480. The number of amides is 4. The van der Waals surface area contributed by atoms with E-state index in [2.05, 4.69) is 5.43 Å². The number of nitrogens with zero attached hydrogens (tertiary/aromatic N) is 5. The van der Waals surface area contributed by atoms with Gasteiger partial charge in [0.05, 0.1) is 44.4 Å². The Morgan fingerprint density at radius 1 is 0.862 bits per heavy atom. The summed E-state index contributed by atoms with van der Waals surface area (Å²) in [5, 5.41) is 36.1. The van der Waals surface area contributed by atoms with Crippen LogP contribution in [0.25, 0.3) is 0 Å². The second-order valence-electron chi connectivity index (χ2n) is 14.8. The third-order valence-electron chi connectivity index (χ3n) is 11.7. The zero-order valence-corrected chi connectivity index (χ0v) is 32.0. The minimum Gasteiger partial charge on any atom is -0.508 e. The molecule has 18 heteroatoms. The van der Waals surface area contributed by atoms with E-state index >= 15 is 4.79 Å². The fraction of sp³-hybridized carbons (Fsp3) is 0.250. The van der Waals surface area contributed by atoms with Crippen molar-refractivity contribution < 1.29 is 38.5 Å². The van der Waals surface area contributed by atoms with E-state index in [9.17, 15) is 44.1 Å². The van der Waals surface area contributed by atoms with E-state index in [1.807, 2.05) is 0 Å². The smallest absolute Gasteiger partial charge is 0.301 e. The van der Waals surface area contributed by atoms with Gasteiger partial charge in [0.1, 0.15) is 11.6 Å². The van der Waals surface area contributed by atoms with E-state index in [0.29, 0.717) is 21.7 Å². The molecule has 0 bridgehead atoms. The second kappa shape index (κ2) is 13.9. The number of halogens is 3. The van der Waals surface area contributed by atoms with Gasteiger partial charge in [0.2, 0.25) is 11.8 Å². The number of carbonyl (C=O) groups is 4. The molecule has 2 N–H and O–H groups in total. The summed E-state index contributed by atoms with van der Waals surface area (Å²) in [5.74, 6) is -9.04. The van der Waals surface area contributed by atoms with E-state index in [4.69, 9.17) is 23.2 Å². The highest BCUT2D eigenvalue weighted by Gasteiger charge is 2.70. The average Bonchev–Trinajstić information content (AvgIpc) is 3.56. The van der Waals surface area contributed by atoms with Crippen LogP contribution in [0, 0.1) is 49.7 Å². The number of imide groups is 2. The van der Waals surface area contributed by atoms with E-state index in [1.165, 1.54) is 49.3 Å². The molecular formula is C40H31Cl2FN6O9. The lowest BCUT2D eigenvalue weighted by Crippen LogP contribution is -2.53. The molecule has 4 amide bonds. The number of nitro groups is 2. The lowest BCUT2D eigenvalue weighted by Gasteiger charge is -2.50. The number of fused-ring (bicyclic) bond motifs is 4. The molecule has 4 aromatic carbocycles. The first kappa shape index (κ1) is 38.5. The number of carbonyl (C=O) groups excluding carboxylic acids is 4. The highest BCUT2D eigenvalue weighted by atomic mass is 35.5. The second-order valence-corrected chi connectivity index (χ2v) is 15.7. The van der Waals surface area contributed by atoms with E-state index in [0.717, 1.165) is 34.2 Å². The SMILES string of the molecule is CN(C)c1c([N+](=O)[O-])cc(N2C(=O)[C@H]3[C@H](CC=C4[C@H]3C[C@H]3C(=O)N(Nc5ccc(F)cc5)C(=O)[C@@]3(c3ccc(Cl)cc3)[C@H]4c3ccc(O)cc3Cl)C2=O)cc1[N+](=O)[O-]. The zero-order chi connectivity index (χ0) is 41.5. The average molecular weight is 830 g/mol. The standard InChI is InChI=1S/C40H31Cl2FN6O9/c1-45(2)35-31(48(55)56)15-23(16-32(35)49(57)58)46-36(51)27-14-13-25-28(33(27)38(46)53)18-29-37(52)47(44-22-9-7-21(43)8-10-22)39(54)40(29,19-3-5-20(41)6-4-19)34(25)26-12-11-24(50)17-30(26)42/h3-13,15-17,27-29,33-34,44,50H,14,18H2,1-2H3/t27-,28+,29-,33-,34+,40+/m0/s1. The van der Waals surface area contributed by atoms with Gasteiger partial charge in [-0.25, -0.2) is 9.29 Å². The number of benzene rings is 4. The number of hydrogen-bond donors (Lipinski definition) is 2. The van der Waals surface area contributed by atoms with Crippen molar-refractivity contribution in [2.45, 2.75) is 24.2 Å². The van der Waals surface area contributed by atoms with Crippen LogP contribution < -0.4 is 15.2 Å². The number of anilines is 3. The molecule has 0 unspecified atom stereocenters. The molecule has 15 nitrogen and oxygen atoms in total. The summed E-state index contributed by atoms with van der Waals surface area (Å²) in [5.41, 5.74) is 0.458. The van der Waals surface area contributed by atoms with Gasteiger partial charge in [-0.2, -0.15) is 5.01 Å². The lowest BCUT2D eigenvalue weighted by molar-refractivity contribution is -0.392. The summed E-state index contributed by atoms with van der Waals surface area (Å²) >= 11 is 13.2. The summed E-state index contributed by atoms with van der Waals surface area (Å²) in [4.78, 5) is 83.8. The van der Waals surface area contributed by atoms with Crippen LogP contribution in [0.5, 0.6) is 5.75 Å². The van der Waals surface area contributed by atoms with Gasteiger partial charge >= 0.3 is 11.4 Å². The monoisotopic (exact) mass is 828 g/mol. The van der Waals surface area contributed by atoms with Gasteiger partial charge in [0, 0.05) is 42.2 Å². The van der Waals surface area contributed by atoms with Crippen molar-refractivity contribution >= 4 is 75.3 Å². The minimum absolute atomic E-state index is 0.0369. The van der Waals surface area contributed by atoms with Gasteiger partial charge in [-0.05, 0) is 78.4 Å². The lowest BCUT2D eigenvalue weighted by atomic mass is 9.49. The molecule has 0 radical (unpaired) electrons. The van der Waals surface area contributed by atoms with Crippen LogP contribution in [-0.2, 0) is 24.6 Å². The number of phenols is 1. The topological polar surface area (TPSA) is 197 Å². The highest BCUT2D eigenvalue weighted by molar-refractivity contribution is 6.32. The number of allylic oxidation sites excluding steroid dienone is 2. The molecule has 4 aliphatic rings. The molecule has 4 aromatic rings. The Morgan fingerprint density at radius 2 is 1.50 bits per heavy atom. The Kier molecular flexibility index (Phi) is 9.23. The van der Waals surface area contributed by atoms with Crippen molar-refractivity contribution in [2.24, 2.45) is 23.7 Å². The van der Waals surface area contributed by atoms with Gasteiger partial charge in [0.15, 0.2) is 5.69 Å². The number of nitro benzene ring substituents is 2. The third kappa shape index (κ3) is 5.68. The zero-order valence-electron chi connectivity index (χ0n) is 30.5. The molecule has 8 rings (SSSR count). The molecule has 2 saturated heterocycles. The normalized spacial score (nSPS) is 24.9. The maximum absolute atomic E-state index is 15.3. The van der Waals surface area contributed by atoms with Crippen molar-refractivity contribution in [1.82, 2.24) is 5.01 Å². The molecule has 3 fully saturated rings. The first-order valence-corrected chi connectivity index (χ1v) is 18.7. The maximum atomic E-state index is 15.3. The minimum atomic E-state index is -1.75. The molecule has 2 aliphatic carbocycles. The molecule has 0 spiro atoms. The van der Waals surface area contributed by atoms with E-state index in [-0.39, 0.29) is 40.7 Å².